The minimum absolute atomic E-state index is 0.0627. The lowest BCUT2D eigenvalue weighted by atomic mass is 9.95. The maximum absolute atomic E-state index is 13.0. The topological polar surface area (TPSA) is 120 Å². The number of nitrogens with one attached hydrogen (secondary N) is 1. The molecule has 0 radical (unpaired) electrons. The molecule has 2 amide bonds. The van der Waals surface area contributed by atoms with Crippen molar-refractivity contribution in [1.82, 2.24) is 15.4 Å². The van der Waals surface area contributed by atoms with Crippen molar-refractivity contribution in [2.24, 2.45) is 0 Å². The van der Waals surface area contributed by atoms with E-state index < -0.39 is 29.7 Å². The summed E-state index contributed by atoms with van der Waals surface area (Å²) in [7, 11) is 0. The summed E-state index contributed by atoms with van der Waals surface area (Å²) >= 11 is 0. The molecule has 1 aromatic heterocycles. The number of likely N-dealkylation sites (tertiary alicyclic amines) is 1. The van der Waals surface area contributed by atoms with Crippen LogP contribution in [0.1, 0.15) is 37.3 Å². The first-order valence-electron chi connectivity index (χ1n) is 10.2. The molecule has 1 aliphatic heterocycles. The Morgan fingerprint density at radius 1 is 1.16 bits per heavy atom. The third kappa shape index (κ3) is 4.64. The van der Waals surface area contributed by atoms with Crippen molar-refractivity contribution in [3.63, 3.8) is 0 Å². The van der Waals surface area contributed by atoms with E-state index in [0.717, 1.165) is 12.0 Å². The molecule has 31 heavy (non-hydrogen) atoms. The van der Waals surface area contributed by atoms with Gasteiger partial charge in [-0.1, -0.05) is 50.1 Å². The average molecular weight is 423 g/mol. The van der Waals surface area contributed by atoms with Crippen molar-refractivity contribution < 1.29 is 24.7 Å². The summed E-state index contributed by atoms with van der Waals surface area (Å²) < 4.78 is 0. The first-order valence-corrected chi connectivity index (χ1v) is 10.2. The van der Waals surface area contributed by atoms with Crippen LogP contribution in [0.15, 0.2) is 60.4 Å². The van der Waals surface area contributed by atoms with E-state index in [4.69, 9.17) is 0 Å². The van der Waals surface area contributed by atoms with Crippen LogP contribution in [0.4, 0.5) is 0 Å². The number of aliphatic hydroxyl groups is 1. The van der Waals surface area contributed by atoms with Crippen LogP contribution in [-0.4, -0.2) is 49.9 Å². The fourth-order valence-electron chi connectivity index (χ4n) is 3.86. The van der Waals surface area contributed by atoms with Crippen LogP contribution in [0.5, 0.6) is 0 Å². The predicted octanol–water partition coefficient (Wildman–Crippen LogP) is 2.44. The van der Waals surface area contributed by atoms with E-state index >= 15 is 0 Å². The Balaban J connectivity index is 2.13. The smallest absolute Gasteiger partial charge is 0.296 e. The number of aliphatic hydroxyl groups excluding tert-OH is 1. The van der Waals surface area contributed by atoms with Gasteiger partial charge in [0.05, 0.1) is 11.6 Å². The van der Waals surface area contributed by atoms with Gasteiger partial charge in [-0.2, -0.15) is 0 Å². The fraction of sp³-hybridized carbons (Fsp3) is 0.304. The van der Waals surface area contributed by atoms with Gasteiger partial charge in [0.15, 0.2) is 0 Å². The van der Waals surface area contributed by atoms with E-state index in [9.17, 15) is 24.7 Å². The van der Waals surface area contributed by atoms with Gasteiger partial charge in [0.2, 0.25) is 0 Å². The van der Waals surface area contributed by atoms with Crippen LogP contribution in [0, 0.1) is 0 Å². The Kier molecular flexibility index (Phi) is 7.15. The van der Waals surface area contributed by atoms with E-state index in [1.807, 2.05) is 37.3 Å². The van der Waals surface area contributed by atoms with Crippen LogP contribution in [0.2, 0.25) is 0 Å². The van der Waals surface area contributed by atoms with Crippen LogP contribution in [0.3, 0.4) is 0 Å². The van der Waals surface area contributed by atoms with Crippen LogP contribution in [-0.2, 0) is 20.8 Å². The van der Waals surface area contributed by atoms with E-state index in [1.165, 1.54) is 29.4 Å². The molecule has 162 valence electrons. The zero-order chi connectivity index (χ0) is 22.4. The number of carbonyl (C=O) groups excluding carboxylic acids is 3. The molecule has 0 bridgehead atoms. The molecular weight excluding hydrogens is 398 g/mol. The molecule has 1 saturated heterocycles. The second-order valence-electron chi connectivity index (χ2n) is 7.38. The second kappa shape index (κ2) is 9.99. The second-order valence-corrected chi connectivity index (χ2v) is 7.38. The summed E-state index contributed by atoms with van der Waals surface area (Å²) in [5.41, 5.74) is 2.73. The highest BCUT2D eigenvalue weighted by atomic mass is 16.5. The van der Waals surface area contributed by atoms with Gasteiger partial charge >= 0.3 is 0 Å². The number of rotatable bonds is 8. The number of benzene rings is 1. The Hall–Kier alpha value is -3.52. The van der Waals surface area contributed by atoms with E-state index in [-0.39, 0.29) is 24.2 Å². The first-order chi connectivity index (χ1) is 15.0. The van der Waals surface area contributed by atoms with Gasteiger partial charge in [0.1, 0.15) is 11.8 Å². The molecule has 8 nitrogen and oxygen atoms in total. The molecule has 1 fully saturated rings. The minimum Gasteiger partial charge on any atom is -0.507 e. The molecule has 8 heteroatoms. The molecule has 0 saturated carbocycles. The summed E-state index contributed by atoms with van der Waals surface area (Å²) in [5, 5.41) is 20.2. The van der Waals surface area contributed by atoms with Crippen molar-refractivity contribution in [3.8, 4) is 0 Å². The molecule has 2 unspecified atom stereocenters. The van der Waals surface area contributed by atoms with Gasteiger partial charge in [-0.15, -0.1) is 0 Å². The van der Waals surface area contributed by atoms with Crippen LogP contribution in [0.25, 0.3) is 5.76 Å². The zero-order valence-electron chi connectivity index (χ0n) is 17.2. The lowest BCUT2D eigenvalue weighted by molar-refractivity contribution is -0.147. The monoisotopic (exact) mass is 423 g/mol. The fourth-order valence-corrected chi connectivity index (χ4v) is 3.86. The maximum Gasteiger partial charge on any atom is 0.296 e. The van der Waals surface area contributed by atoms with Crippen LogP contribution >= 0.6 is 0 Å². The zero-order valence-corrected chi connectivity index (χ0v) is 17.2. The van der Waals surface area contributed by atoms with Gasteiger partial charge in [-0.3, -0.25) is 24.6 Å². The number of pyridine rings is 1. The number of hydrogen-bond donors (Lipinski definition) is 3. The van der Waals surface area contributed by atoms with Crippen molar-refractivity contribution in [1.29, 1.82) is 0 Å². The molecule has 3 rings (SSSR count). The number of Topliss-reactive ketones (excluding diaryl/α,β-unsaturated/α-hetero) is 1. The molecule has 0 aliphatic carbocycles. The molecule has 3 N–H and O–H groups in total. The van der Waals surface area contributed by atoms with Crippen molar-refractivity contribution in [2.75, 3.05) is 0 Å². The normalized spacial score (nSPS) is 18.8. The van der Waals surface area contributed by atoms with Crippen molar-refractivity contribution in [3.05, 3.63) is 71.6 Å². The number of hydroxylamine groups is 1. The van der Waals surface area contributed by atoms with Crippen molar-refractivity contribution >= 4 is 23.4 Å². The highest BCUT2D eigenvalue weighted by molar-refractivity contribution is 6.47. The molecule has 1 aliphatic rings. The number of nitrogens with zero attached hydrogens (tertiary/aromatic N) is 2. The SMILES string of the molecule is CCCCC(C(=O)NO)N1C(=O)C(=O)/C(=C(/O)c2ccncc2)C1Cc1ccccc1. The number of ketones is 1. The minimum atomic E-state index is -1.04. The van der Waals surface area contributed by atoms with Gasteiger partial charge in [-0.05, 0) is 30.5 Å². The molecule has 2 aromatic rings. The van der Waals surface area contributed by atoms with Gasteiger partial charge in [-0.25, -0.2) is 5.48 Å². The third-order valence-electron chi connectivity index (χ3n) is 5.40. The van der Waals surface area contributed by atoms with E-state index in [0.29, 0.717) is 12.0 Å². The van der Waals surface area contributed by atoms with Gasteiger partial charge < -0.3 is 10.0 Å². The van der Waals surface area contributed by atoms with E-state index in [2.05, 4.69) is 4.98 Å². The quantitative estimate of drug-likeness (QED) is 0.197. The summed E-state index contributed by atoms with van der Waals surface area (Å²) in [5.74, 6) is -2.82. The lowest BCUT2D eigenvalue weighted by Crippen LogP contribution is -2.51. The molecule has 1 aromatic carbocycles. The average Bonchev–Trinajstić information content (AvgIpc) is 3.04. The first kappa shape index (κ1) is 22.2. The van der Waals surface area contributed by atoms with Gasteiger partial charge in [0.25, 0.3) is 17.6 Å². The molecule has 0 spiro atoms. The molecule has 2 atom stereocenters. The van der Waals surface area contributed by atoms with Crippen molar-refractivity contribution in [2.45, 2.75) is 44.7 Å². The summed E-state index contributed by atoms with van der Waals surface area (Å²) in [6.07, 6.45) is 4.82. The molecule has 2 heterocycles. The van der Waals surface area contributed by atoms with Gasteiger partial charge in [0, 0.05) is 18.0 Å². The Morgan fingerprint density at radius 3 is 2.45 bits per heavy atom. The summed E-state index contributed by atoms with van der Waals surface area (Å²) in [4.78, 5) is 43.6. The summed E-state index contributed by atoms with van der Waals surface area (Å²) in [6, 6.07) is 10.4. The highest BCUT2D eigenvalue weighted by Crippen LogP contribution is 2.33. The largest absolute Gasteiger partial charge is 0.507 e. The standard InChI is InChI=1S/C23H25N3O5/c1-2-3-9-17(22(29)25-31)26-18(14-15-7-5-4-6-8-15)19(21(28)23(26)30)20(27)16-10-12-24-13-11-16/h4-8,10-13,17-18,27,31H,2-3,9,14H2,1H3,(H,25,29)/b20-19+. The third-order valence-corrected chi connectivity index (χ3v) is 5.40. The highest BCUT2D eigenvalue weighted by Gasteiger charge is 2.49. The Labute approximate surface area is 180 Å². The van der Waals surface area contributed by atoms with Crippen LogP contribution < -0.4 is 5.48 Å². The van der Waals surface area contributed by atoms with E-state index in [1.54, 1.807) is 5.48 Å². The number of carbonyl (C=O) groups is 3. The number of amides is 2. The lowest BCUT2D eigenvalue weighted by Gasteiger charge is -2.31. The Morgan fingerprint density at radius 2 is 1.84 bits per heavy atom. The molecular formula is C23H25N3O5. The number of hydrogen-bond acceptors (Lipinski definition) is 6. The number of aromatic nitrogens is 1. The maximum atomic E-state index is 13.0. The Bertz CT molecular complexity index is 975. The predicted molar refractivity (Wildman–Crippen MR) is 113 cm³/mol. The number of unbranched alkanes of at least 4 members (excludes halogenated alkanes) is 1. The summed E-state index contributed by atoms with van der Waals surface area (Å²) in [6.45, 7) is 1.94.